The summed E-state index contributed by atoms with van der Waals surface area (Å²) >= 11 is 1.79. The molecule has 0 aliphatic rings. The van der Waals surface area contributed by atoms with Crippen molar-refractivity contribution in [2.45, 2.75) is 32.1 Å². The van der Waals surface area contributed by atoms with Crippen LogP contribution in [0.3, 0.4) is 0 Å². The number of thioether (sulfide) groups is 1. The van der Waals surface area contributed by atoms with Gasteiger partial charge in [0.1, 0.15) is 0 Å². The van der Waals surface area contributed by atoms with Crippen molar-refractivity contribution < 1.29 is 8.42 Å². The van der Waals surface area contributed by atoms with Gasteiger partial charge in [0.25, 0.3) is 0 Å². The Morgan fingerprint density at radius 3 is 2.75 bits per heavy atom. The molecule has 1 atom stereocenters. The van der Waals surface area contributed by atoms with E-state index in [1.54, 1.807) is 36.0 Å². The summed E-state index contributed by atoms with van der Waals surface area (Å²) in [5.74, 6) is 1.83. The van der Waals surface area contributed by atoms with Gasteiger partial charge in [-0.15, -0.1) is 0 Å². The second kappa shape index (κ2) is 8.30. The number of benzene rings is 1. The van der Waals surface area contributed by atoms with Crippen LogP contribution in [-0.2, 0) is 15.8 Å². The van der Waals surface area contributed by atoms with Crippen LogP contribution in [-0.4, -0.2) is 26.0 Å². The number of hydrogen-bond donors (Lipinski definition) is 1. The maximum atomic E-state index is 12.1. The molecule has 4 nitrogen and oxygen atoms in total. The molecule has 6 heteroatoms. The molecule has 0 aliphatic carbocycles. The Balaban J connectivity index is 2.64. The largest absolute Gasteiger partial charge is 0.216 e. The zero-order chi connectivity index (χ0) is 15.0. The van der Waals surface area contributed by atoms with Crippen molar-refractivity contribution in [3.8, 4) is 6.07 Å². The second-order valence-corrected chi connectivity index (χ2v) is 7.68. The number of hydrogen-bond acceptors (Lipinski definition) is 4. The molecule has 0 saturated heterocycles. The Morgan fingerprint density at radius 2 is 2.10 bits per heavy atom. The maximum absolute atomic E-state index is 12.1. The van der Waals surface area contributed by atoms with E-state index in [4.69, 9.17) is 5.26 Å². The lowest BCUT2D eigenvalue weighted by atomic mass is 10.1. The SMILES string of the molecule is CCSCCC(C)NS(=O)(=O)Cc1ccccc1C#N. The number of sulfonamides is 1. The van der Waals surface area contributed by atoms with Gasteiger partial charge in [-0.1, -0.05) is 25.1 Å². The average Bonchev–Trinajstić information content (AvgIpc) is 2.38. The average molecular weight is 312 g/mol. The number of rotatable bonds is 8. The van der Waals surface area contributed by atoms with Crippen molar-refractivity contribution in [3.05, 3.63) is 35.4 Å². The van der Waals surface area contributed by atoms with Crippen molar-refractivity contribution in [2.75, 3.05) is 11.5 Å². The summed E-state index contributed by atoms with van der Waals surface area (Å²) in [7, 11) is -3.41. The molecule has 0 bridgehead atoms. The highest BCUT2D eigenvalue weighted by molar-refractivity contribution is 7.99. The minimum absolute atomic E-state index is 0.0895. The predicted octanol–water partition coefficient (Wildman–Crippen LogP) is 2.51. The van der Waals surface area contributed by atoms with E-state index in [-0.39, 0.29) is 11.8 Å². The van der Waals surface area contributed by atoms with E-state index in [1.807, 2.05) is 13.0 Å². The Labute approximate surface area is 125 Å². The van der Waals surface area contributed by atoms with Gasteiger partial charge in [0, 0.05) is 6.04 Å². The lowest BCUT2D eigenvalue weighted by Gasteiger charge is -2.14. The summed E-state index contributed by atoms with van der Waals surface area (Å²) in [6, 6.07) is 8.71. The normalized spacial score (nSPS) is 12.8. The third kappa shape index (κ3) is 5.95. The smallest absolute Gasteiger partial charge is 0.212 e. The minimum Gasteiger partial charge on any atom is -0.212 e. The van der Waals surface area contributed by atoms with Gasteiger partial charge in [-0.05, 0) is 36.5 Å². The van der Waals surface area contributed by atoms with E-state index in [0.717, 1.165) is 17.9 Å². The lowest BCUT2D eigenvalue weighted by molar-refractivity contribution is 0.556. The lowest BCUT2D eigenvalue weighted by Crippen LogP contribution is -2.34. The molecule has 0 heterocycles. The monoisotopic (exact) mass is 312 g/mol. The molecule has 0 spiro atoms. The van der Waals surface area contributed by atoms with E-state index in [1.165, 1.54) is 0 Å². The van der Waals surface area contributed by atoms with Crippen molar-refractivity contribution in [1.29, 1.82) is 5.26 Å². The van der Waals surface area contributed by atoms with Crippen LogP contribution in [0.2, 0.25) is 0 Å². The Kier molecular flexibility index (Phi) is 7.06. The topological polar surface area (TPSA) is 70.0 Å². The molecule has 0 saturated carbocycles. The molecule has 110 valence electrons. The van der Waals surface area contributed by atoms with Gasteiger partial charge in [0.2, 0.25) is 10.0 Å². The van der Waals surface area contributed by atoms with E-state index < -0.39 is 10.0 Å². The minimum atomic E-state index is -3.41. The van der Waals surface area contributed by atoms with Gasteiger partial charge in [0.05, 0.1) is 17.4 Å². The molecule has 1 rings (SSSR count). The molecular weight excluding hydrogens is 292 g/mol. The summed E-state index contributed by atoms with van der Waals surface area (Å²) in [5, 5.41) is 8.97. The molecule has 1 unspecified atom stereocenters. The highest BCUT2D eigenvalue weighted by Crippen LogP contribution is 2.12. The summed E-state index contributed by atoms with van der Waals surface area (Å²) in [6.45, 7) is 3.95. The maximum Gasteiger partial charge on any atom is 0.216 e. The van der Waals surface area contributed by atoms with Crippen LogP contribution in [0.1, 0.15) is 31.4 Å². The molecule has 0 aliphatic heterocycles. The highest BCUT2D eigenvalue weighted by Gasteiger charge is 2.16. The molecule has 1 aromatic carbocycles. The first-order valence-electron chi connectivity index (χ1n) is 6.54. The summed E-state index contributed by atoms with van der Waals surface area (Å²) < 4.78 is 26.8. The highest BCUT2D eigenvalue weighted by atomic mass is 32.2. The van der Waals surface area contributed by atoms with E-state index in [2.05, 4.69) is 11.6 Å². The molecular formula is C14H20N2O2S2. The summed E-state index contributed by atoms with van der Waals surface area (Å²) in [5.41, 5.74) is 0.949. The number of nitrogens with one attached hydrogen (secondary N) is 1. The van der Waals surface area contributed by atoms with Crippen LogP contribution >= 0.6 is 11.8 Å². The molecule has 20 heavy (non-hydrogen) atoms. The van der Waals surface area contributed by atoms with Crippen LogP contribution in [0.5, 0.6) is 0 Å². The van der Waals surface area contributed by atoms with Gasteiger partial charge in [-0.2, -0.15) is 17.0 Å². The zero-order valence-electron chi connectivity index (χ0n) is 11.8. The van der Waals surface area contributed by atoms with Gasteiger partial charge in [-0.3, -0.25) is 0 Å². The van der Waals surface area contributed by atoms with Crippen LogP contribution in [0.25, 0.3) is 0 Å². The van der Waals surface area contributed by atoms with Crippen molar-refractivity contribution in [3.63, 3.8) is 0 Å². The molecule has 0 radical (unpaired) electrons. The van der Waals surface area contributed by atoms with Gasteiger partial charge >= 0.3 is 0 Å². The van der Waals surface area contributed by atoms with Crippen LogP contribution in [0.15, 0.2) is 24.3 Å². The summed E-state index contributed by atoms with van der Waals surface area (Å²) in [6.07, 6.45) is 0.803. The van der Waals surface area contributed by atoms with E-state index in [9.17, 15) is 8.42 Å². The zero-order valence-corrected chi connectivity index (χ0v) is 13.4. The van der Waals surface area contributed by atoms with Gasteiger partial charge in [-0.25, -0.2) is 13.1 Å². The quantitative estimate of drug-likeness (QED) is 0.749. The third-order valence-electron chi connectivity index (χ3n) is 2.76. The van der Waals surface area contributed by atoms with E-state index >= 15 is 0 Å². The Morgan fingerprint density at radius 1 is 1.40 bits per heavy atom. The first-order chi connectivity index (χ1) is 9.48. The molecule has 1 aromatic rings. The van der Waals surface area contributed by atoms with Gasteiger partial charge in [0.15, 0.2) is 0 Å². The van der Waals surface area contributed by atoms with E-state index in [0.29, 0.717) is 11.1 Å². The van der Waals surface area contributed by atoms with Crippen LogP contribution in [0, 0.1) is 11.3 Å². The van der Waals surface area contributed by atoms with Crippen LogP contribution < -0.4 is 4.72 Å². The van der Waals surface area contributed by atoms with Crippen LogP contribution in [0.4, 0.5) is 0 Å². The first kappa shape index (κ1) is 17.0. The fraction of sp³-hybridized carbons (Fsp3) is 0.500. The fourth-order valence-corrected chi connectivity index (χ4v) is 4.06. The molecule has 1 N–H and O–H groups in total. The van der Waals surface area contributed by atoms with Gasteiger partial charge < -0.3 is 0 Å². The third-order valence-corrected chi connectivity index (χ3v) is 5.15. The second-order valence-electron chi connectivity index (χ2n) is 4.53. The van der Waals surface area contributed by atoms with Crippen molar-refractivity contribution >= 4 is 21.8 Å². The van der Waals surface area contributed by atoms with Crippen molar-refractivity contribution in [2.24, 2.45) is 0 Å². The molecule has 0 aromatic heterocycles. The molecule has 0 fully saturated rings. The van der Waals surface area contributed by atoms with Crippen molar-refractivity contribution in [1.82, 2.24) is 4.72 Å². The summed E-state index contributed by atoms with van der Waals surface area (Å²) in [4.78, 5) is 0. The molecule has 0 amide bonds. The number of nitrogens with zero attached hydrogens (tertiary/aromatic N) is 1. The predicted molar refractivity (Wildman–Crippen MR) is 84.0 cm³/mol. The standard InChI is InChI=1S/C14H20N2O2S2/c1-3-19-9-8-12(2)16-20(17,18)11-14-7-5-4-6-13(14)10-15/h4-7,12,16H,3,8-9,11H2,1-2H3. The Hall–Kier alpha value is -1.03. The fourth-order valence-electron chi connectivity index (χ4n) is 1.77. The Bertz CT molecular complexity index is 565. The number of nitriles is 1. The first-order valence-corrected chi connectivity index (χ1v) is 9.35.